The zero-order valence-electron chi connectivity index (χ0n) is 8.50. The van der Waals surface area contributed by atoms with Crippen molar-refractivity contribution in [1.29, 1.82) is 0 Å². The summed E-state index contributed by atoms with van der Waals surface area (Å²) in [6.45, 7) is 4.05. The van der Waals surface area contributed by atoms with Gasteiger partial charge in [-0.2, -0.15) is 0 Å². The van der Waals surface area contributed by atoms with Gasteiger partial charge in [-0.3, -0.25) is 0 Å². The Hall–Kier alpha value is 2.35. The summed E-state index contributed by atoms with van der Waals surface area (Å²) in [5, 5.41) is 0. The van der Waals surface area contributed by atoms with E-state index in [4.69, 9.17) is 4.74 Å². The predicted molar refractivity (Wildman–Crippen MR) is 88.7 cm³/mol. The molecule has 0 aromatic carbocycles. The lowest BCUT2D eigenvalue weighted by Crippen LogP contribution is -2.52. The Morgan fingerprint density at radius 2 is 1.50 bits per heavy atom. The van der Waals surface area contributed by atoms with Gasteiger partial charge in [0.1, 0.15) is 6.47 Å². The molecule has 0 atom stereocenters. The molecule has 0 bridgehead atoms. The van der Waals surface area contributed by atoms with Crippen LogP contribution in [0.4, 0.5) is 0 Å². The fourth-order valence-corrected chi connectivity index (χ4v) is 4.25. The highest BCUT2D eigenvalue weighted by Gasteiger charge is 2.61. The van der Waals surface area contributed by atoms with Crippen molar-refractivity contribution < 1.29 is 9.53 Å². The number of esters is 1. The van der Waals surface area contributed by atoms with Crippen LogP contribution in [0.3, 0.4) is 0 Å². The third-order valence-corrected chi connectivity index (χ3v) is 12.8. The zero-order chi connectivity index (χ0) is 13.2. The summed E-state index contributed by atoms with van der Waals surface area (Å²) >= 11 is 20.7. The molecule has 0 aliphatic carbocycles. The average Bonchev–Trinajstić information content (AvgIpc) is 2.17. The third-order valence-electron chi connectivity index (χ3n) is 1.83. The van der Waals surface area contributed by atoms with Crippen LogP contribution in [-0.4, -0.2) is 22.3 Å². The Morgan fingerprint density at radius 1 is 1.06 bits per heavy atom. The van der Waals surface area contributed by atoms with Crippen LogP contribution in [0.5, 0.6) is 0 Å². The van der Waals surface area contributed by atoms with Crippen molar-refractivity contribution in [2.45, 2.75) is 30.0 Å². The van der Waals surface area contributed by atoms with Gasteiger partial charge < -0.3 is 4.74 Å². The summed E-state index contributed by atoms with van der Waals surface area (Å²) in [6.07, 6.45) is 0.724. The van der Waals surface area contributed by atoms with Gasteiger partial charge in [-0.1, -0.05) is 103 Å². The molecule has 8 heteroatoms. The van der Waals surface area contributed by atoms with E-state index in [1.165, 1.54) is 0 Å². The first-order chi connectivity index (χ1) is 7.04. The van der Waals surface area contributed by atoms with Crippen molar-refractivity contribution in [2.75, 3.05) is 6.61 Å². The van der Waals surface area contributed by atoms with E-state index in [0.29, 0.717) is 6.61 Å². The van der Waals surface area contributed by atoms with E-state index in [1.54, 1.807) is 6.92 Å². The number of halogens is 6. The standard InChI is InChI=1S/C8H10Br6O2/c1-3-6(9,10)8(13,14)7(11,12)5(15)16-4-2/h3-4H2,1-2H3. The molecule has 0 spiro atoms. The molecule has 0 aliphatic heterocycles. The Morgan fingerprint density at radius 3 is 1.81 bits per heavy atom. The summed E-state index contributed by atoms with van der Waals surface area (Å²) in [6, 6.07) is 0. The van der Waals surface area contributed by atoms with E-state index < -0.39 is 15.7 Å². The molecule has 0 amide bonds. The van der Waals surface area contributed by atoms with Crippen LogP contribution in [0.1, 0.15) is 20.3 Å². The van der Waals surface area contributed by atoms with Gasteiger partial charge in [0.05, 0.1) is 6.61 Å². The molecule has 16 heavy (non-hydrogen) atoms. The molecule has 0 heterocycles. The second kappa shape index (κ2) is 6.68. The van der Waals surface area contributed by atoms with E-state index in [1.807, 2.05) is 6.92 Å². The van der Waals surface area contributed by atoms with E-state index in [0.717, 1.165) is 6.42 Å². The van der Waals surface area contributed by atoms with Gasteiger partial charge in [0.25, 0.3) is 0 Å². The Labute approximate surface area is 146 Å². The van der Waals surface area contributed by atoms with E-state index in [2.05, 4.69) is 95.6 Å². The minimum atomic E-state index is -1.11. The van der Waals surface area contributed by atoms with Crippen molar-refractivity contribution in [2.24, 2.45) is 0 Å². The minimum absolute atomic E-state index is 0.317. The molecular weight excluding hydrogens is 608 g/mol. The maximum absolute atomic E-state index is 11.9. The lowest BCUT2D eigenvalue weighted by Gasteiger charge is -2.41. The molecule has 0 rings (SSSR count). The van der Waals surface area contributed by atoms with Crippen molar-refractivity contribution in [1.82, 2.24) is 0 Å². The van der Waals surface area contributed by atoms with Crippen molar-refractivity contribution in [3.05, 3.63) is 0 Å². The molecule has 0 aliphatic rings. The number of hydrogen-bond acceptors (Lipinski definition) is 2. The number of alkyl halides is 6. The number of ether oxygens (including phenoxy) is 1. The average molecular weight is 618 g/mol. The van der Waals surface area contributed by atoms with Gasteiger partial charge in [0.15, 0.2) is 0 Å². The predicted octanol–water partition coefficient (Wildman–Crippen LogP) is 5.42. The quantitative estimate of drug-likeness (QED) is 0.305. The van der Waals surface area contributed by atoms with Crippen molar-refractivity contribution in [3.63, 3.8) is 0 Å². The molecule has 0 saturated heterocycles. The molecule has 0 N–H and O–H groups in total. The van der Waals surface area contributed by atoms with Crippen LogP contribution in [0, 0.1) is 0 Å². The zero-order valence-corrected chi connectivity index (χ0v) is 18.0. The highest BCUT2D eigenvalue weighted by atomic mass is 79.9. The van der Waals surface area contributed by atoms with Gasteiger partial charge >= 0.3 is 5.97 Å². The summed E-state index contributed by atoms with van der Waals surface area (Å²) in [7, 11) is 0. The largest absolute Gasteiger partial charge is 0.464 e. The summed E-state index contributed by atoms with van der Waals surface area (Å²) in [5.41, 5.74) is 0. The highest BCUT2D eigenvalue weighted by Crippen LogP contribution is 2.61. The fourth-order valence-electron chi connectivity index (χ4n) is 0.802. The third kappa shape index (κ3) is 3.68. The summed E-state index contributed by atoms with van der Waals surface area (Å²) < 4.78 is 2.54. The molecule has 0 saturated carbocycles. The van der Waals surface area contributed by atoms with E-state index >= 15 is 0 Å². The van der Waals surface area contributed by atoms with Gasteiger partial charge in [-0.15, -0.1) is 0 Å². The first-order valence-corrected chi connectivity index (χ1v) is 9.11. The Bertz CT molecular complexity index is 263. The fraction of sp³-hybridized carbons (Fsp3) is 0.875. The molecule has 0 unspecified atom stereocenters. The molecular formula is C8H10Br6O2. The maximum atomic E-state index is 11.9. The lowest BCUT2D eigenvalue weighted by atomic mass is 10.2. The molecule has 0 aromatic rings. The smallest absolute Gasteiger partial charge is 0.336 e. The van der Waals surface area contributed by atoms with Gasteiger partial charge in [0.2, 0.25) is 3.23 Å². The minimum Gasteiger partial charge on any atom is -0.464 e. The topological polar surface area (TPSA) is 26.3 Å². The second-order valence-electron chi connectivity index (χ2n) is 2.93. The monoisotopic (exact) mass is 612 g/mol. The van der Waals surface area contributed by atoms with Crippen molar-refractivity contribution >= 4 is 102 Å². The van der Waals surface area contributed by atoms with Crippen LogP contribution in [-0.2, 0) is 9.53 Å². The second-order valence-corrected chi connectivity index (χ2v) is 13.6. The summed E-state index contributed by atoms with van der Waals surface area (Å²) in [4.78, 5) is 11.9. The van der Waals surface area contributed by atoms with Crippen LogP contribution < -0.4 is 0 Å². The first kappa shape index (κ1) is 18.4. The SMILES string of the molecule is CCOC(=O)C(Br)(Br)C(Br)(Br)C(Br)(Br)CC. The van der Waals surface area contributed by atoms with Gasteiger partial charge in [0, 0.05) is 0 Å². The molecule has 0 radical (unpaired) electrons. The molecule has 0 fully saturated rings. The number of rotatable bonds is 5. The lowest BCUT2D eigenvalue weighted by molar-refractivity contribution is -0.143. The van der Waals surface area contributed by atoms with Gasteiger partial charge in [-0.05, 0) is 13.3 Å². The maximum Gasteiger partial charge on any atom is 0.336 e. The number of carbonyl (C=O) groups is 1. The summed E-state index contributed by atoms with van der Waals surface area (Å²) in [5.74, 6) is -0.416. The number of hydrogen-bond donors (Lipinski definition) is 0. The number of carbonyl (C=O) groups excluding carboxylic acids is 1. The van der Waals surface area contributed by atoms with E-state index in [-0.39, 0.29) is 0 Å². The molecule has 0 aromatic heterocycles. The molecule has 96 valence electrons. The highest BCUT2D eigenvalue weighted by molar-refractivity contribution is 9.33. The van der Waals surface area contributed by atoms with Crippen molar-refractivity contribution in [3.8, 4) is 0 Å². The first-order valence-electron chi connectivity index (χ1n) is 4.35. The van der Waals surface area contributed by atoms with Crippen LogP contribution in [0.2, 0.25) is 0 Å². The Balaban J connectivity index is 5.20. The van der Waals surface area contributed by atoms with Crippen LogP contribution in [0.25, 0.3) is 0 Å². The van der Waals surface area contributed by atoms with E-state index in [9.17, 15) is 4.79 Å². The van der Waals surface area contributed by atoms with Gasteiger partial charge in [-0.25, -0.2) is 4.79 Å². The van der Waals surface area contributed by atoms with Crippen LogP contribution >= 0.6 is 95.6 Å². The normalized spacial score (nSPS) is 13.8. The Kier molecular flexibility index (Phi) is 7.66. The molecule has 2 nitrogen and oxygen atoms in total. The van der Waals surface area contributed by atoms with Crippen LogP contribution in [0.15, 0.2) is 0 Å².